The van der Waals surface area contributed by atoms with Crippen LogP contribution in [0.4, 0.5) is 4.79 Å². The minimum absolute atomic E-state index is 0.0325. The lowest BCUT2D eigenvalue weighted by atomic mass is 10.1. The quantitative estimate of drug-likeness (QED) is 0.126. The van der Waals surface area contributed by atoms with E-state index >= 15 is 0 Å². The van der Waals surface area contributed by atoms with Crippen molar-refractivity contribution in [1.82, 2.24) is 9.99 Å². The van der Waals surface area contributed by atoms with Gasteiger partial charge in [0, 0.05) is 39.4 Å². The smallest absolute Gasteiger partial charge is 0.407 e. The molecule has 2 aliphatic carbocycles. The molecule has 38 heavy (non-hydrogen) atoms. The summed E-state index contributed by atoms with van der Waals surface area (Å²) in [5.74, 6) is 8.65. The highest BCUT2D eigenvalue weighted by molar-refractivity contribution is 7.44. The minimum atomic E-state index is -1.46. The van der Waals surface area contributed by atoms with Crippen LogP contribution < -0.4 is 5.32 Å². The third kappa shape index (κ3) is 12.6. The summed E-state index contributed by atoms with van der Waals surface area (Å²) in [7, 11) is -0.206. The standard InChI is InChI=1S/C27H46N3O6P.CH4/c1-21(2)30(22(3)4)37(35-17-9-14-28)36-23(19-31)20-33-16-10-15-29-27(32)34-18-13-26-24-11-7-5-6-8-12-25(24)26;/h21-26,31H,7-13,15-20H2,1-4H3,(H,29,32);1H4/t23?,24-,25+,26?,37?;/i31D;1T. The van der Waals surface area contributed by atoms with Gasteiger partial charge in [0.1, 0.15) is 6.10 Å². The van der Waals surface area contributed by atoms with Crippen LogP contribution >= 0.6 is 8.53 Å². The Labute approximate surface area is 234 Å². The molecule has 2 aliphatic rings. The number of carbonyl (C=O) groups is 1. The molecule has 0 heterocycles. The molecule has 0 aromatic heterocycles. The highest BCUT2D eigenvalue weighted by atomic mass is 31.2. The van der Waals surface area contributed by atoms with Gasteiger partial charge < -0.3 is 28.9 Å². The van der Waals surface area contributed by atoms with E-state index in [2.05, 4.69) is 60.7 Å². The summed E-state index contributed by atoms with van der Waals surface area (Å²) in [6.07, 6.45) is 5.28. The molecular weight excluding hydrogens is 505 g/mol. The molecule has 1 saturated carbocycles. The van der Waals surface area contributed by atoms with Crippen LogP contribution in [0.5, 0.6) is 0 Å². The SMILES string of the molecule is [2H]OCC(COCCCNC(=O)OCCC1[C@H]2CCC#CCC[C@@H]12)OP(OCCC#N)N(C(C)C)C(C)C.[3H]C. The Balaban J connectivity index is 0.00000391. The number of nitrogens with one attached hydrogen (secondary N) is 1. The van der Waals surface area contributed by atoms with Crippen molar-refractivity contribution in [3.05, 3.63) is 0 Å². The number of carbonyl (C=O) groups excluding carboxylic acids is 1. The van der Waals surface area contributed by atoms with Crippen LogP contribution in [0.1, 0.15) is 81.4 Å². The van der Waals surface area contributed by atoms with Gasteiger partial charge in [0.2, 0.25) is 1.43 Å². The Kier molecular flexibility index (Phi) is 16.0. The fourth-order valence-corrected chi connectivity index (χ4v) is 6.59. The van der Waals surface area contributed by atoms with Crippen molar-refractivity contribution < 1.29 is 29.8 Å². The maximum absolute atomic E-state index is 12.0. The molecule has 218 valence electrons. The van der Waals surface area contributed by atoms with Crippen LogP contribution in [0, 0.1) is 40.9 Å². The molecule has 0 aliphatic heterocycles. The zero-order valence-electron chi connectivity index (χ0n) is 25.9. The van der Waals surface area contributed by atoms with Crippen LogP contribution in [-0.2, 0) is 18.5 Å². The third-order valence-corrected chi connectivity index (χ3v) is 8.83. The molecule has 3 unspecified atom stereocenters. The lowest BCUT2D eigenvalue weighted by Gasteiger charge is -2.37. The molecule has 1 amide bonds. The second-order valence-corrected chi connectivity index (χ2v) is 11.5. The van der Waals surface area contributed by atoms with Crippen molar-refractivity contribution >= 4 is 14.6 Å². The molecule has 0 bridgehead atoms. The van der Waals surface area contributed by atoms with Gasteiger partial charge >= 0.3 is 6.09 Å². The number of fused-ring (bicyclic) bond motifs is 1. The zero-order valence-corrected chi connectivity index (χ0v) is 24.8. The van der Waals surface area contributed by atoms with E-state index in [-0.39, 0.29) is 38.3 Å². The summed E-state index contributed by atoms with van der Waals surface area (Å²) in [5.41, 5.74) is 0. The number of hydrogen-bond donors (Lipinski definition) is 2. The predicted octanol–water partition coefficient (Wildman–Crippen LogP) is 5.24. The first-order valence-electron chi connectivity index (χ1n) is 15.1. The number of ether oxygens (including phenoxy) is 2. The molecule has 2 rings (SSSR count). The van der Waals surface area contributed by atoms with E-state index in [9.17, 15) is 4.79 Å². The lowest BCUT2D eigenvalue weighted by Crippen LogP contribution is -2.36. The maximum Gasteiger partial charge on any atom is 0.407 e. The van der Waals surface area contributed by atoms with Gasteiger partial charge in [-0.05, 0) is 71.1 Å². The summed E-state index contributed by atoms with van der Waals surface area (Å²) < 4.78 is 38.2. The second kappa shape index (κ2) is 19.6. The fraction of sp³-hybridized carbons (Fsp3) is 0.857. The highest BCUT2D eigenvalue weighted by Gasteiger charge is 2.48. The Morgan fingerprint density at radius 3 is 2.53 bits per heavy atom. The van der Waals surface area contributed by atoms with Gasteiger partial charge in [0.15, 0.2) is 0 Å². The third-order valence-electron chi connectivity index (χ3n) is 6.65. The van der Waals surface area contributed by atoms with Crippen molar-refractivity contribution in [2.75, 3.05) is 39.6 Å². The maximum atomic E-state index is 12.0. The number of amides is 1. The molecule has 5 atom stereocenters. The number of aliphatic hydroxyl groups is 1. The molecule has 9 nitrogen and oxygen atoms in total. The van der Waals surface area contributed by atoms with Gasteiger partial charge in [-0.2, -0.15) is 5.26 Å². The lowest BCUT2D eigenvalue weighted by molar-refractivity contribution is 0.00950. The van der Waals surface area contributed by atoms with Crippen LogP contribution in [0.3, 0.4) is 0 Å². The van der Waals surface area contributed by atoms with Crippen molar-refractivity contribution in [2.24, 2.45) is 17.8 Å². The van der Waals surface area contributed by atoms with Crippen molar-refractivity contribution in [3.8, 4) is 17.9 Å². The first-order chi connectivity index (χ1) is 19.4. The van der Waals surface area contributed by atoms with Crippen molar-refractivity contribution in [1.29, 1.82) is 6.69 Å². The largest absolute Gasteiger partial charge is 0.450 e. The minimum Gasteiger partial charge on any atom is -0.450 e. The Bertz CT molecular complexity index is 766. The van der Waals surface area contributed by atoms with Crippen LogP contribution in [0.15, 0.2) is 0 Å². The van der Waals surface area contributed by atoms with Gasteiger partial charge in [-0.1, -0.05) is 7.40 Å². The van der Waals surface area contributed by atoms with E-state index in [1.54, 1.807) is 0 Å². The molecule has 0 aromatic rings. The molecule has 2 N–H and O–H groups in total. The van der Waals surface area contributed by atoms with Gasteiger partial charge in [0.25, 0.3) is 8.53 Å². The highest BCUT2D eigenvalue weighted by Crippen LogP contribution is 2.54. The van der Waals surface area contributed by atoms with E-state index < -0.39 is 20.7 Å². The van der Waals surface area contributed by atoms with Gasteiger partial charge in [-0.3, -0.25) is 0 Å². The molecule has 10 heteroatoms. The zero-order chi connectivity index (χ0) is 29.8. The molecule has 0 aromatic carbocycles. The summed E-state index contributed by atoms with van der Waals surface area (Å²) in [5, 5.41) is 16.2. The summed E-state index contributed by atoms with van der Waals surface area (Å²) in [6, 6.07) is 2.42. The van der Waals surface area contributed by atoms with Gasteiger partial charge in [-0.25, -0.2) is 9.46 Å². The van der Waals surface area contributed by atoms with E-state index in [0.717, 1.165) is 31.1 Å². The molecule has 0 spiro atoms. The number of nitriles is 1. The first-order valence-corrected chi connectivity index (χ1v) is 14.8. The molecule has 0 saturated heterocycles. The topological polar surface area (TPSA) is 113 Å². The molecule has 0 radical (unpaired) electrons. The van der Waals surface area contributed by atoms with Gasteiger partial charge in [0.05, 0.1) is 38.9 Å². The van der Waals surface area contributed by atoms with Crippen molar-refractivity contribution in [2.45, 2.75) is 98.2 Å². The number of hydrogen-bond acceptors (Lipinski definition) is 8. The average Bonchev–Trinajstić information content (AvgIpc) is 3.55. The Morgan fingerprint density at radius 1 is 1.24 bits per heavy atom. The van der Waals surface area contributed by atoms with E-state index in [1.165, 1.54) is 20.2 Å². The predicted molar refractivity (Wildman–Crippen MR) is 150 cm³/mol. The second-order valence-electron chi connectivity index (χ2n) is 10.1. The van der Waals surface area contributed by atoms with Gasteiger partial charge in [-0.15, -0.1) is 11.8 Å². The van der Waals surface area contributed by atoms with E-state index in [4.69, 9.17) is 26.6 Å². The summed E-state index contributed by atoms with van der Waals surface area (Å²) in [4.78, 5) is 12.0. The van der Waals surface area contributed by atoms with E-state index in [1.807, 2.05) is 0 Å². The number of aliphatic hydroxyl groups excluding tert-OH is 1. The number of rotatable bonds is 19. The first kappa shape index (κ1) is 31.1. The monoisotopic (exact) mass is 558 g/mol. The molecular formula is C28H50N3O6P. The molecule has 1 fully saturated rings. The fourth-order valence-electron chi connectivity index (χ4n) is 4.91. The number of nitrogens with zero attached hydrogens (tertiary/aromatic N) is 2. The summed E-state index contributed by atoms with van der Waals surface area (Å²) in [6.45, 7) is 10.1. The normalized spacial score (nSPS) is 22.2. The Hall–Kier alpha value is -1.45. The van der Waals surface area contributed by atoms with Crippen LogP contribution in [0.2, 0.25) is 0 Å². The van der Waals surface area contributed by atoms with Crippen molar-refractivity contribution in [3.63, 3.8) is 0 Å². The average molecular weight is 559 g/mol. The van der Waals surface area contributed by atoms with Crippen LogP contribution in [0.25, 0.3) is 0 Å². The van der Waals surface area contributed by atoms with Crippen LogP contribution in [-0.4, -0.2) is 75.1 Å². The summed E-state index contributed by atoms with van der Waals surface area (Å²) >= 11 is 0. The Morgan fingerprint density at radius 2 is 1.92 bits per heavy atom. The van der Waals surface area contributed by atoms with E-state index in [0.29, 0.717) is 32.1 Å². The number of alkyl carbamates (subject to hydrolysis) is 1.